The summed E-state index contributed by atoms with van der Waals surface area (Å²) >= 11 is 0. The number of rotatable bonds is 5. The van der Waals surface area contributed by atoms with Crippen molar-refractivity contribution < 1.29 is 4.79 Å². The number of carbonyl (C=O) groups is 1. The lowest BCUT2D eigenvalue weighted by atomic mass is 9.95. The van der Waals surface area contributed by atoms with Gasteiger partial charge in [-0.05, 0) is 31.4 Å². The van der Waals surface area contributed by atoms with Crippen molar-refractivity contribution in [3.63, 3.8) is 0 Å². The number of amides is 1. The fraction of sp³-hybridized carbons (Fsp3) is 0.562. The Hall–Kier alpha value is -1.51. The first-order valence-corrected chi connectivity index (χ1v) is 7.45. The minimum atomic E-state index is 0.0612. The molecule has 0 saturated heterocycles. The fourth-order valence-corrected chi connectivity index (χ4v) is 2.61. The molecule has 19 heavy (non-hydrogen) atoms. The summed E-state index contributed by atoms with van der Waals surface area (Å²) in [5.41, 5.74) is 1.71. The van der Waals surface area contributed by atoms with Gasteiger partial charge in [0.15, 0.2) is 0 Å². The summed E-state index contributed by atoms with van der Waals surface area (Å²) in [6.07, 6.45) is 7.08. The summed E-state index contributed by atoms with van der Waals surface area (Å²) < 4.78 is 0. The Balaban J connectivity index is 2.00. The first-order chi connectivity index (χ1) is 9.31. The summed E-state index contributed by atoms with van der Waals surface area (Å²) in [6.45, 7) is 3.02. The number of benzene rings is 1. The first kappa shape index (κ1) is 13.9. The molecule has 1 saturated carbocycles. The largest absolute Gasteiger partial charge is 0.384 e. The van der Waals surface area contributed by atoms with E-state index in [4.69, 9.17) is 0 Å². The molecule has 1 aromatic carbocycles. The van der Waals surface area contributed by atoms with Gasteiger partial charge in [0, 0.05) is 18.3 Å². The molecule has 3 heteroatoms. The molecule has 1 aliphatic rings. The monoisotopic (exact) mass is 260 g/mol. The van der Waals surface area contributed by atoms with Crippen molar-refractivity contribution in [2.24, 2.45) is 0 Å². The molecule has 1 amide bonds. The summed E-state index contributed by atoms with van der Waals surface area (Å²) in [5.74, 6) is 0.0612. The molecule has 0 atom stereocenters. The summed E-state index contributed by atoms with van der Waals surface area (Å²) in [6, 6.07) is 8.13. The maximum atomic E-state index is 12.3. The number of para-hydroxylation sites is 1. The molecule has 0 heterocycles. The van der Waals surface area contributed by atoms with Crippen molar-refractivity contribution in [2.45, 2.75) is 51.5 Å². The highest BCUT2D eigenvalue weighted by molar-refractivity contribution is 5.99. The lowest BCUT2D eigenvalue weighted by molar-refractivity contribution is 0.0928. The molecule has 0 spiro atoms. The molecule has 0 aromatic heterocycles. The maximum absolute atomic E-state index is 12.3. The van der Waals surface area contributed by atoms with E-state index < -0.39 is 0 Å². The van der Waals surface area contributed by atoms with E-state index in [1.165, 1.54) is 19.3 Å². The van der Waals surface area contributed by atoms with Crippen LogP contribution in [0.2, 0.25) is 0 Å². The molecule has 0 bridgehead atoms. The average molecular weight is 260 g/mol. The lowest BCUT2D eigenvalue weighted by Gasteiger charge is -2.23. The van der Waals surface area contributed by atoms with E-state index in [0.717, 1.165) is 37.1 Å². The quantitative estimate of drug-likeness (QED) is 0.849. The van der Waals surface area contributed by atoms with E-state index >= 15 is 0 Å². The van der Waals surface area contributed by atoms with Gasteiger partial charge in [-0.25, -0.2) is 0 Å². The zero-order chi connectivity index (χ0) is 13.5. The van der Waals surface area contributed by atoms with Crippen LogP contribution < -0.4 is 10.6 Å². The van der Waals surface area contributed by atoms with E-state index in [1.807, 2.05) is 24.3 Å². The number of anilines is 1. The number of hydrogen-bond acceptors (Lipinski definition) is 2. The molecule has 3 nitrogen and oxygen atoms in total. The first-order valence-electron chi connectivity index (χ1n) is 7.45. The predicted octanol–water partition coefficient (Wildman–Crippen LogP) is 3.57. The van der Waals surface area contributed by atoms with Crippen LogP contribution in [0, 0.1) is 0 Å². The number of hydrogen-bond donors (Lipinski definition) is 2. The van der Waals surface area contributed by atoms with Crippen molar-refractivity contribution in [1.82, 2.24) is 5.32 Å². The van der Waals surface area contributed by atoms with Gasteiger partial charge in [-0.15, -0.1) is 0 Å². The number of carbonyl (C=O) groups excluding carboxylic acids is 1. The Bertz CT molecular complexity index is 411. The molecule has 2 rings (SSSR count). The summed E-state index contributed by atoms with van der Waals surface area (Å²) in [4.78, 5) is 12.3. The normalized spacial score (nSPS) is 16.1. The minimum absolute atomic E-state index is 0.0612. The van der Waals surface area contributed by atoms with Crippen LogP contribution in [0.5, 0.6) is 0 Å². The molecule has 1 fully saturated rings. The Morgan fingerprint density at radius 2 is 1.95 bits per heavy atom. The van der Waals surface area contributed by atoms with Crippen LogP contribution in [-0.4, -0.2) is 18.5 Å². The average Bonchev–Trinajstić information content (AvgIpc) is 2.46. The van der Waals surface area contributed by atoms with Crippen LogP contribution >= 0.6 is 0 Å². The van der Waals surface area contributed by atoms with E-state index in [2.05, 4.69) is 17.6 Å². The van der Waals surface area contributed by atoms with Crippen LogP contribution in [0.3, 0.4) is 0 Å². The smallest absolute Gasteiger partial charge is 0.253 e. The molecule has 1 aromatic rings. The molecule has 0 aliphatic heterocycles. The third-order valence-electron chi connectivity index (χ3n) is 3.68. The zero-order valence-corrected chi connectivity index (χ0v) is 11.7. The summed E-state index contributed by atoms with van der Waals surface area (Å²) in [7, 11) is 0. The third-order valence-corrected chi connectivity index (χ3v) is 3.68. The molecule has 0 radical (unpaired) electrons. The Kier molecular flexibility index (Phi) is 5.25. The lowest BCUT2D eigenvalue weighted by Crippen LogP contribution is -2.36. The van der Waals surface area contributed by atoms with Gasteiger partial charge in [0.1, 0.15) is 0 Å². The minimum Gasteiger partial charge on any atom is -0.384 e. The second-order valence-corrected chi connectivity index (χ2v) is 5.28. The molecule has 2 N–H and O–H groups in total. The van der Waals surface area contributed by atoms with Crippen LogP contribution in [0.15, 0.2) is 24.3 Å². The standard InChI is InChI=1S/C16H24N2O/c1-2-12-17-15-11-7-6-10-14(15)16(19)18-13-8-4-3-5-9-13/h6-7,10-11,13,17H,2-5,8-9,12H2,1H3,(H,18,19). The van der Waals surface area contributed by atoms with E-state index in [0.29, 0.717) is 6.04 Å². The van der Waals surface area contributed by atoms with Crippen LogP contribution in [0.1, 0.15) is 55.8 Å². The highest BCUT2D eigenvalue weighted by atomic mass is 16.1. The second kappa shape index (κ2) is 7.17. The second-order valence-electron chi connectivity index (χ2n) is 5.28. The van der Waals surface area contributed by atoms with Gasteiger partial charge in [0.2, 0.25) is 0 Å². The van der Waals surface area contributed by atoms with E-state index in [1.54, 1.807) is 0 Å². The van der Waals surface area contributed by atoms with Gasteiger partial charge in [-0.3, -0.25) is 4.79 Å². The Morgan fingerprint density at radius 3 is 2.68 bits per heavy atom. The van der Waals surface area contributed by atoms with Crippen molar-refractivity contribution in [3.05, 3.63) is 29.8 Å². The summed E-state index contributed by atoms with van der Waals surface area (Å²) in [5, 5.41) is 6.49. The highest BCUT2D eigenvalue weighted by Gasteiger charge is 2.18. The third kappa shape index (κ3) is 3.98. The van der Waals surface area contributed by atoms with Gasteiger partial charge in [0.25, 0.3) is 5.91 Å². The van der Waals surface area contributed by atoms with Crippen molar-refractivity contribution in [3.8, 4) is 0 Å². The predicted molar refractivity (Wildman–Crippen MR) is 79.6 cm³/mol. The molecular weight excluding hydrogens is 236 g/mol. The van der Waals surface area contributed by atoms with Crippen LogP contribution in [0.25, 0.3) is 0 Å². The SMILES string of the molecule is CCCNc1ccccc1C(=O)NC1CCCCC1. The van der Waals surface area contributed by atoms with E-state index in [-0.39, 0.29) is 5.91 Å². The zero-order valence-electron chi connectivity index (χ0n) is 11.7. The van der Waals surface area contributed by atoms with Crippen LogP contribution in [0.4, 0.5) is 5.69 Å². The fourth-order valence-electron chi connectivity index (χ4n) is 2.61. The van der Waals surface area contributed by atoms with Crippen LogP contribution in [-0.2, 0) is 0 Å². The Labute approximate surface area is 115 Å². The van der Waals surface area contributed by atoms with Gasteiger partial charge in [-0.2, -0.15) is 0 Å². The van der Waals surface area contributed by atoms with Crippen molar-refractivity contribution in [2.75, 3.05) is 11.9 Å². The van der Waals surface area contributed by atoms with Crippen molar-refractivity contribution in [1.29, 1.82) is 0 Å². The van der Waals surface area contributed by atoms with E-state index in [9.17, 15) is 4.79 Å². The van der Waals surface area contributed by atoms with Gasteiger partial charge in [0.05, 0.1) is 5.56 Å². The Morgan fingerprint density at radius 1 is 1.21 bits per heavy atom. The maximum Gasteiger partial charge on any atom is 0.253 e. The topological polar surface area (TPSA) is 41.1 Å². The molecule has 1 aliphatic carbocycles. The highest BCUT2D eigenvalue weighted by Crippen LogP contribution is 2.19. The molecule has 104 valence electrons. The molecule has 0 unspecified atom stereocenters. The van der Waals surface area contributed by atoms with Gasteiger partial charge >= 0.3 is 0 Å². The number of nitrogens with one attached hydrogen (secondary N) is 2. The molecular formula is C16H24N2O. The van der Waals surface area contributed by atoms with Gasteiger partial charge in [-0.1, -0.05) is 38.3 Å². The van der Waals surface area contributed by atoms with Gasteiger partial charge < -0.3 is 10.6 Å². The van der Waals surface area contributed by atoms with Crippen molar-refractivity contribution >= 4 is 11.6 Å².